The molecular weight excluding hydrogens is 340 g/mol. The Morgan fingerprint density at radius 1 is 1.00 bits per heavy atom. The van der Waals surface area contributed by atoms with Crippen molar-refractivity contribution in [1.29, 1.82) is 5.26 Å². The molecule has 0 atom stereocenters. The van der Waals surface area contributed by atoms with Gasteiger partial charge in [0.15, 0.2) is 0 Å². The van der Waals surface area contributed by atoms with Crippen molar-refractivity contribution >= 4 is 17.5 Å². The number of piperidine rings is 1. The van der Waals surface area contributed by atoms with Crippen molar-refractivity contribution in [3.05, 3.63) is 29.8 Å². The number of hydrogen-bond donors (Lipinski definition) is 1. The first-order valence-corrected chi connectivity index (χ1v) is 9.97. The van der Waals surface area contributed by atoms with Crippen LogP contribution in [0.3, 0.4) is 0 Å². The highest BCUT2D eigenvalue weighted by atomic mass is 16.2. The lowest BCUT2D eigenvalue weighted by Gasteiger charge is -2.33. The number of amides is 2. The molecule has 2 aliphatic heterocycles. The molecule has 0 spiro atoms. The number of anilines is 1. The van der Waals surface area contributed by atoms with Crippen LogP contribution in [0.1, 0.15) is 44.1 Å². The Morgan fingerprint density at radius 2 is 1.63 bits per heavy atom. The van der Waals surface area contributed by atoms with Crippen molar-refractivity contribution in [2.75, 3.05) is 38.0 Å². The molecule has 1 aromatic rings. The molecule has 0 aromatic heterocycles. The number of rotatable bonds is 4. The fraction of sp³-hybridized carbons (Fsp3) is 0.571. The summed E-state index contributed by atoms with van der Waals surface area (Å²) in [5.41, 5.74) is 1.27. The summed E-state index contributed by atoms with van der Waals surface area (Å²) in [6.45, 7) is 3.72. The van der Waals surface area contributed by atoms with Gasteiger partial charge in [-0.25, -0.2) is 0 Å². The second-order valence-electron chi connectivity index (χ2n) is 7.53. The van der Waals surface area contributed by atoms with Gasteiger partial charge in [0, 0.05) is 24.7 Å². The van der Waals surface area contributed by atoms with Crippen molar-refractivity contribution in [3.8, 4) is 6.07 Å². The zero-order valence-corrected chi connectivity index (χ0v) is 15.8. The van der Waals surface area contributed by atoms with E-state index in [9.17, 15) is 9.59 Å². The predicted octanol–water partition coefficient (Wildman–Crippen LogP) is 2.61. The first-order valence-electron chi connectivity index (χ1n) is 9.97. The van der Waals surface area contributed by atoms with E-state index in [4.69, 9.17) is 5.26 Å². The van der Waals surface area contributed by atoms with Crippen LogP contribution in [0, 0.1) is 17.2 Å². The molecule has 2 aliphatic rings. The Morgan fingerprint density at radius 3 is 2.22 bits per heavy atom. The van der Waals surface area contributed by atoms with Crippen LogP contribution in [0.2, 0.25) is 0 Å². The molecule has 2 saturated heterocycles. The van der Waals surface area contributed by atoms with Gasteiger partial charge in [0.1, 0.15) is 0 Å². The van der Waals surface area contributed by atoms with Crippen LogP contribution < -0.4 is 5.32 Å². The third-order valence-corrected chi connectivity index (χ3v) is 5.52. The number of carbonyl (C=O) groups excluding carboxylic acids is 2. The van der Waals surface area contributed by atoms with E-state index in [0.717, 1.165) is 51.9 Å². The van der Waals surface area contributed by atoms with Gasteiger partial charge in [-0.15, -0.1) is 0 Å². The smallest absolute Gasteiger partial charge is 0.238 e. The van der Waals surface area contributed by atoms with E-state index in [1.54, 1.807) is 24.3 Å². The minimum atomic E-state index is -0.0583. The van der Waals surface area contributed by atoms with E-state index < -0.39 is 0 Å². The Bertz CT molecular complexity index is 679. The Balaban J connectivity index is 1.42. The van der Waals surface area contributed by atoms with Crippen LogP contribution in [0.25, 0.3) is 0 Å². The van der Waals surface area contributed by atoms with E-state index in [1.807, 2.05) is 0 Å². The van der Waals surface area contributed by atoms with Crippen LogP contribution in [0.4, 0.5) is 5.69 Å². The lowest BCUT2D eigenvalue weighted by Crippen LogP contribution is -2.44. The van der Waals surface area contributed by atoms with Gasteiger partial charge in [-0.2, -0.15) is 5.26 Å². The van der Waals surface area contributed by atoms with Crippen LogP contribution in [-0.4, -0.2) is 54.3 Å². The fourth-order valence-electron chi connectivity index (χ4n) is 3.92. The quantitative estimate of drug-likeness (QED) is 0.886. The SMILES string of the molecule is N#Cc1ccc(NC(=O)CN2CCC(C(=O)N3CCCCCC3)CC2)cc1. The number of nitrogens with zero attached hydrogens (tertiary/aromatic N) is 3. The lowest BCUT2D eigenvalue weighted by atomic mass is 9.95. The zero-order valence-electron chi connectivity index (χ0n) is 15.8. The molecule has 0 bridgehead atoms. The van der Waals surface area contributed by atoms with E-state index in [2.05, 4.69) is 21.2 Å². The normalized spacial score (nSPS) is 19.1. The molecule has 2 fully saturated rings. The van der Waals surface area contributed by atoms with E-state index >= 15 is 0 Å². The molecule has 2 amide bonds. The summed E-state index contributed by atoms with van der Waals surface area (Å²) in [5, 5.41) is 11.7. The van der Waals surface area contributed by atoms with Gasteiger partial charge in [0.2, 0.25) is 11.8 Å². The molecule has 0 saturated carbocycles. The molecule has 0 aliphatic carbocycles. The molecule has 27 heavy (non-hydrogen) atoms. The maximum Gasteiger partial charge on any atom is 0.238 e. The van der Waals surface area contributed by atoms with Crippen molar-refractivity contribution in [2.24, 2.45) is 5.92 Å². The van der Waals surface area contributed by atoms with Gasteiger partial charge in [-0.1, -0.05) is 12.8 Å². The zero-order chi connectivity index (χ0) is 19.1. The topological polar surface area (TPSA) is 76.4 Å². The summed E-state index contributed by atoms with van der Waals surface area (Å²) >= 11 is 0. The molecule has 0 radical (unpaired) electrons. The van der Waals surface area contributed by atoms with E-state index in [1.165, 1.54) is 12.8 Å². The van der Waals surface area contributed by atoms with Crippen LogP contribution in [0.15, 0.2) is 24.3 Å². The number of nitriles is 1. The van der Waals surface area contributed by atoms with Crippen molar-refractivity contribution < 1.29 is 9.59 Å². The van der Waals surface area contributed by atoms with Crippen molar-refractivity contribution in [2.45, 2.75) is 38.5 Å². The lowest BCUT2D eigenvalue weighted by molar-refractivity contribution is -0.137. The molecule has 0 unspecified atom stereocenters. The Labute approximate surface area is 161 Å². The monoisotopic (exact) mass is 368 g/mol. The van der Waals surface area contributed by atoms with Gasteiger partial charge in [0.05, 0.1) is 18.2 Å². The van der Waals surface area contributed by atoms with Gasteiger partial charge in [-0.05, 0) is 63.0 Å². The highest BCUT2D eigenvalue weighted by Crippen LogP contribution is 2.21. The van der Waals surface area contributed by atoms with Gasteiger partial charge >= 0.3 is 0 Å². The number of nitrogens with one attached hydrogen (secondary N) is 1. The first-order chi connectivity index (χ1) is 13.2. The van der Waals surface area contributed by atoms with E-state index in [0.29, 0.717) is 23.7 Å². The highest BCUT2D eigenvalue weighted by Gasteiger charge is 2.29. The molecular formula is C21H28N4O2. The van der Waals surface area contributed by atoms with Crippen molar-refractivity contribution in [1.82, 2.24) is 9.80 Å². The number of hydrogen-bond acceptors (Lipinski definition) is 4. The first kappa shape index (κ1) is 19.4. The van der Waals surface area contributed by atoms with Gasteiger partial charge in [0.25, 0.3) is 0 Å². The summed E-state index contributed by atoms with van der Waals surface area (Å²) in [6.07, 6.45) is 6.38. The number of likely N-dealkylation sites (tertiary alicyclic amines) is 2. The standard InChI is InChI=1S/C21H28N4O2/c22-15-17-5-7-19(8-6-17)23-20(26)16-24-13-9-18(10-14-24)21(27)25-11-3-1-2-4-12-25/h5-8,18H,1-4,9-14,16H2,(H,23,26). The molecule has 2 heterocycles. The average Bonchev–Trinajstić information content (AvgIpc) is 2.98. The largest absolute Gasteiger partial charge is 0.342 e. The summed E-state index contributed by atoms with van der Waals surface area (Å²) in [5.74, 6) is 0.372. The third kappa shape index (κ3) is 5.54. The minimum Gasteiger partial charge on any atom is -0.342 e. The highest BCUT2D eigenvalue weighted by molar-refractivity contribution is 5.92. The average molecular weight is 368 g/mol. The molecule has 6 nitrogen and oxygen atoms in total. The second kappa shape index (κ2) is 9.52. The number of benzene rings is 1. The molecule has 1 N–H and O–H groups in total. The van der Waals surface area contributed by atoms with Crippen molar-refractivity contribution in [3.63, 3.8) is 0 Å². The minimum absolute atomic E-state index is 0.0583. The Hall–Kier alpha value is -2.39. The van der Waals surface area contributed by atoms with E-state index in [-0.39, 0.29) is 11.8 Å². The third-order valence-electron chi connectivity index (χ3n) is 5.52. The molecule has 1 aromatic carbocycles. The Kier molecular flexibility index (Phi) is 6.83. The summed E-state index contributed by atoms with van der Waals surface area (Å²) in [4.78, 5) is 29.2. The fourth-order valence-corrected chi connectivity index (χ4v) is 3.92. The van der Waals surface area contributed by atoms with Crippen LogP contribution in [0.5, 0.6) is 0 Å². The van der Waals surface area contributed by atoms with Crippen LogP contribution in [-0.2, 0) is 9.59 Å². The van der Waals surface area contributed by atoms with Gasteiger partial charge < -0.3 is 10.2 Å². The second-order valence-corrected chi connectivity index (χ2v) is 7.53. The van der Waals surface area contributed by atoms with Crippen LogP contribution >= 0.6 is 0 Å². The molecule has 6 heteroatoms. The van der Waals surface area contributed by atoms with Gasteiger partial charge in [-0.3, -0.25) is 14.5 Å². The maximum atomic E-state index is 12.7. The number of carbonyl (C=O) groups is 2. The summed E-state index contributed by atoms with van der Waals surface area (Å²) in [6, 6.07) is 8.92. The molecule has 3 rings (SSSR count). The maximum absolute atomic E-state index is 12.7. The molecule has 144 valence electrons. The summed E-state index contributed by atoms with van der Waals surface area (Å²) < 4.78 is 0. The summed E-state index contributed by atoms with van der Waals surface area (Å²) in [7, 11) is 0. The predicted molar refractivity (Wildman–Crippen MR) is 104 cm³/mol.